The number of piperidine rings is 1. The normalized spacial score (nSPS) is 31.1. The van der Waals surface area contributed by atoms with Gasteiger partial charge in [0.1, 0.15) is 11.6 Å². The molecule has 0 radical (unpaired) electrons. The van der Waals surface area contributed by atoms with Gasteiger partial charge in [0, 0.05) is 24.9 Å². The molecule has 0 saturated carbocycles. The third-order valence-corrected chi connectivity index (χ3v) is 4.55. The molecule has 0 bridgehead atoms. The lowest BCUT2D eigenvalue weighted by Gasteiger charge is -2.35. The highest BCUT2D eigenvalue weighted by Gasteiger charge is 2.44. The lowest BCUT2D eigenvalue weighted by molar-refractivity contribution is -0.182. The van der Waals surface area contributed by atoms with Crippen LogP contribution in [0.15, 0.2) is 0 Å². The fourth-order valence-electron chi connectivity index (χ4n) is 3.29. The number of rotatable bonds is 1. The summed E-state index contributed by atoms with van der Waals surface area (Å²) >= 11 is 0. The predicted molar refractivity (Wildman–Crippen MR) is 67.3 cm³/mol. The Morgan fingerprint density at radius 1 is 1.35 bits per heavy atom. The van der Waals surface area contributed by atoms with E-state index in [1.807, 2.05) is 0 Å². The van der Waals surface area contributed by atoms with Crippen LogP contribution in [0.3, 0.4) is 0 Å². The number of fused-ring (bicyclic) bond motifs is 1. The fourth-order valence-corrected chi connectivity index (χ4v) is 3.29. The molecule has 0 amide bonds. The van der Waals surface area contributed by atoms with Crippen molar-refractivity contribution in [2.75, 3.05) is 13.1 Å². The van der Waals surface area contributed by atoms with Gasteiger partial charge in [0.05, 0.1) is 5.92 Å². The van der Waals surface area contributed by atoms with Crippen LogP contribution in [-0.4, -0.2) is 34.0 Å². The number of aromatic nitrogens is 3. The number of hydrogen-bond acceptors (Lipinski definition) is 3. The minimum absolute atomic E-state index is 0.0310. The van der Waals surface area contributed by atoms with E-state index >= 15 is 0 Å². The Morgan fingerprint density at radius 3 is 2.80 bits per heavy atom. The maximum Gasteiger partial charge on any atom is 0.393 e. The molecule has 0 aromatic carbocycles. The Labute approximate surface area is 115 Å². The topological polar surface area (TPSA) is 42.7 Å². The summed E-state index contributed by atoms with van der Waals surface area (Å²) in [5.74, 6) is 0.144. The van der Waals surface area contributed by atoms with Crippen LogP contribution in [0.4, 0.5) is 13.2 Å². The molecule has 0 aliphatic carbocycles. The molecule has 3 heterocycles. The molecule has 1 N–H and O–H groups in total. The second-order valence-electron chi connectivity index (χ2n) is 6.17. The van der Waals surface area contributed by atoms with Crippen molar-refractivity contribution in [3.05, 3.63) is 11.6 Å². The highest BCUT2D eigenvalue weighted by atomic mass is 19.4. The molecule has 3 rings (SSSR count). The second-order valence-corrected chi connectivity index (χ2v) is 6.17. The van der Waals surface area contributed by atoms with Crippen LogP contribution in [0.1, 0.15) is 37.8 Å². The van der Waals surface area contributed by atoms with Crippen molar-refractivity contribution in [1.82, 2.24) is 20.1 Å². The quantitative estimate of drug-likeness (QED) is 0.860. The van der Waals surface area contributed by atoms with Gasteiger partial charge in [-0.3, -0.25) is 0 Å². The zero-order valence-corrected chi connectivity index (χ0v) is 11.5. The van der Waals surface area contributed by atoms with Crippen molar-refractivity contribution in [2.45, 2.75) is 50.7 Å². The Bertz CT molecular complexity index is 488. The number of halogens is 3. The first-order chi connectivity index (χ1) is 9.40. The molecule has 20 heavy (non-hydrogen) atoms. The van der Waals surface area contributed by atoms with Crippen molar-refractivity contribution in [3.63, 3.8) is 0 Å². The Hall–Kier alpha value is -1.11. The summed E-state index contributed by atoms with van der Waals surface area (Å²) in [6.07, 6.45) is -1.70. The van der Waals surface area contributed by atoms with Gasteiger partial charge in [-0.05, 0) is 25.8 Å². The smallest absolute Gasteiger partial charge is 0.316 e. The van der Waals surface area contributed by atoms with Crippen LogP contribution in [0.5, 0.6) is 0 Å². The van der Waals surface area contributed by atoms with E-state index in [1.165, 1.54) is 0 Å². The minimum Gasteiger partial charge on any atom is -0.316 e. The Kier molecular flexibility index (Phi) is 3.27. The van der Waals surface area contributed by atoms with E-state index in [4.69, 9.17) is 0 Å². The molecule has 2 aliphatic rings. The molecule has 1 saturated heterocycles. The largest absolute Gasteiger partial charge is 0.393 e. The van der Waals surface area contributed by atoms with Crippen LogP contribution in [0.2, 0.25) is 0 Å². The van der Waals surface area contributed by atoms with Gasteiger partial charge < -0.3 is 9.88 Å². The van der Waals surface area contributed by atoms with Gasteiger partial charge in [-0.2, -0.15) is 13.2 Å². The third kappa shape index (κ3) is 2.32. The van der Waals surface area contributed by atoms with Gasteiger partial charge in [0.25, 0.3) is 0 Å². The summed E-state index contributed by atoms with van der Waals surface area (Å²) in [5, 5.41) is 11.6. The molecule has 2 unspecified atom stereocenters. The summed E-state index contributed by atoms with van der Waals surface area (Å²) < 4.78 is 40.6. The summed E-state index contributed by atoms with van der Waals surface area (Å²) in [5.41, 5.74) is -0.211. The fraction of sp³-hybridized carbons (Fsp3) is 0.846. The zero-order valence-electron chi connectivity index (χ0n) is 11.5. The molecular weight excluding hydrogens is 269 g/mol. The van der Waals surface area contributed by atoms with Gasteiger partial charge in [0.15, 0.2) is 0 Å². The second kappa shape index (κ2) is 4.72. The minimum atomic E-state index is -4.13. The van der Waals surface area contributed by atoms with Crippen molar-refractivity contribution in [2.24, 2.45) is 5.92 Å². The highest BCUT2D eigenvalue weighted by Crippen LogP contribution is 2.37. The first-order valence-corrected chi connectivity index (χ1v) is 7.10. The Balaban J connectivity index is 1.91. The maximum atomic E-state index is 12.9. The van der Waals surface area contributed by atoms with E-state index in [1.54, 1.807) is 4.57 Å². The molecule has 0 spiro atoms. The first-order valence-electron chi connectivity index (χ1n) is 7.10. The average Bonchev–Trinajstić information content (AvgIpc) is 2.82. The van der Waals surface area contributed by atoms with Crippen LogP contribution in [0, 0.1) is 5.92 Å². The van der Waals surface area contributed by atoms with Crippen LogP contribution in [-0.2, 0) is 18.4 Å². The highest BCUT2D eigenvalue weighted by molar-refractivity contribution is 5.13. The van der Waals surface area contributed by atoms with Gasteiger partial charge in [-0.15, -0.1) is 10.2 Å². The van der Waals surface area contributed by atoms with Gasteiger partial charge >= 0.3 is 6.18 Å². The molecular formula is C13H19F3N4. The maximum absolute atomic E-state index is 12.9. The van der Waals surface area contributed by atoms with Crippen molar-refractivity contribution >= 4 is 0 Å². The van der Waals surface area contributed by atoms with E-state index in [9.17, 15) is 13.2 Å². The SMILES string of the molecule is CC1(c2nnc3n2CC(C(F)(F)F)CC3)CCCNC1. The molecule has 1 aromatic heterocycles. The van der Waals surface area contributed by atoms with Crippen molar-refractivity contribution < 1.29 is 13.2 Å². The Morgan fingerprint density at radius 2 is 2.15 bits per heavy atom. The molecule has 4 nitrogen and oxygen atoms in total. The molecule has 2 atom stereocenters. The summed E-state index contributed by atoms with van der Waals surface area (Å²) in [7, 11) is 0. The van der Waals surface area contributed by atoms with E-state index in [0.717, 1.165) is 25.9 Å². The zero-order chi connectivity index (χ0) is 14.4. The number of alkyl halides is 3. The molecule has 112 valence electrons. The molecule has 7 heteroatoms. The van der Waals surface area contributed by atoms with Crippen LogP contribution >= 0.6 is 0 Å². The third-order valence-electron chi connectivity index (χ3n) is 4.55. The summed E-state index contributed by atoms with van der Waals surface area (Å²) in [6, 6.07) is 0. The molecule has 2 aliphatic heterocycles. The average molecular weight is 288 g/mol. The van der Waals surface area contributed by atoms with E-state index in [2.05, 4.69) is 22.4 Å². The number of aryl methyl sites for hydroxylation is 1. The lowest BCUT2D eigenvalue weighted by Crippen LogP contribution is -2.44. The summed E-state index contributed by atoms with van der Waals surface area (Å²) in [6.45, 7) is 3.74. The van der Waals surface area contributed by atoms with Crippen LogP contribution in [0.25, 0.3) is 0 Å². The van der Waals surface area contributed by atoms with E-state index in [0.29, 0.717) is 18.1 Å². The van der Waals surface area contributed by atoms with Gasteiger partial charge in [-0.25, -0.2) is 0 Å². The van der Waals surface area contributed by atoms with Gasteiger partial charge in [0.2, 0.25) is 0 Å². The van der Waals surface area contributed by atoms with E-state index in [-0.39, 0.29) is 18.4 Å². The van der Waals surface area contributed by atoms with Crippen LogP contribution < -0.4 is 5.32 Å². The summed E-state index contributed by atoms with van der Waals surface area (Å²) in [4.78, 5) is 0. The first kappa shape index (κ1) is 13.9. The molecule has 1 aromatic rings. The number of nitrogens with one attached hydrogen (secondary N) is 1. The lowest BCUT2D eigenvalue weighted by atomic mass is 9.81. The molecule has 1 fully saturated rings. The van der Waals surface area contributed by atoms with Crippen molar-refractivity contribution in [1.29, 1.82) is 0 Å². The predicted octanol–water partition coefficient (Wildman–Crippen LogP) is 2.04. The van der Waals surface area contributed by atoms with Crippen molar-refractivity contribution in [3.8, 4) is 0 Å². The van der Waals surface area contributed by atoms with E-state index < -0.39 is 12.1 Å². The number of hydrogen-bond donors (Lipinski definition) is 1. The monoisotopic (exact) mass is 288 g/mol. The number of nitrogens with zero attached hydrogens (tertiary/aromatic N) is 3. The van der Waals surface area contributed by atoms with Gasteiger partial charge in [-0.1, -0.05) is 6.92 Å². The standard InChI is InChI=1S/C13H19F3N4/c1-12(5-2-6-17-8-12)11-19-18-10-4-3-9(7-20(10)11)13(14,15)16/h9,17H,2-8H2,1H3.